The van der Waals surface area contributed by atoms with Crippen molar-refractivity contribution < 1.29 is 24.2 Å². The molecule has 1 heterocycles. The molecule has 0 aromatic heterocycles. The first-order chi connectivity index (χ1) is 13.9. The van der Waals surface area contributed by atoms with E-state index in [1.807, 2.05) is 19.2 Å². The van der Waals surface area contributed by atoms with Crippen LogP contribution in [0.1, 0.15) is 15.9 Å². The molecule has 3 rings (SSSR count). The van der Waals surface area contributed by atoms with Crippen LogP contribution in [0, 0.1) is 0 Å². The highest BCUT2D eigenvalue weighted by Gasteiger charge is 2.20. The first-order valence-corrected chi connectivity index (χ1v) is 9.64. The number of hydrogen-bond donors (Lipinski definition) is 1. The van der Waals surface area contributed by atoms with Gasteiger partial charge in [-0.15, -0.1) is 0 Å². The van der Waals surface area contributed by atoms with Crippen molar-refractivity contribution in [2.45, 2.75) is 6.61 Å². The van der Waals surface area contributed by atoms with Gasteiger partial charge in [-0.25, -0.2) is 4.79 Å². The summed E-state index contributed by atoms with van der Waals surface area (Å²) in [5, 5.41) is 10.0. The Kier molecular flexibility index (Phi) is 6.95. The van der Waals surface area contributed by atoms with Gasteiger partial charge in [0, 0.05) is 37.3 Å². The molecule has 0 unspecified atom stereocenters. The Balaban J connectivity index is 1.64. The molecule has 0 atom stereocenters. The summed E-state index contributed by atoms with van der Waals surface area (Å²) in [4.78, 5) is 27.7. The van der Waals surface area contributed by atoms with Gasteiger partial charge in [0.2, 0.25) is 0 Å². The van der Waals surface area contributed by atoms with Crippen molar-refractivity contribution in [2.24, 2.45) is 0 Å². The van der Waals surface area contributed by atoms with Gasteiger partial charge < -0.3 is 24.4 Å². The molecule has 8 heteroatoms. The van der Waals surface area contributed by atoms with Crippen molar-refractivity contribution in [2.75, 3.05) is 39.8 Å². The van der Waals surface area contributed by atoms with E-state index in [4.69, 9.17) is 21.1 Å². The summed E-state index contributed by atoms with van der Waals surface area (Å²) in [6, 6.07) is 11.7. The Morgan fingerprint density at radius 1 is 1.03 bits per heavy atom. The molecule has 29 heavy (non-hydrogen) atoms. The van der Waals surface area contributed by atoms with Crippen LogP contribution in [-0.2, 0) is 11.4 Å². The van der Waals surface area contributed by atoms with Gasteiger partial charge in [-0.1, -0.05) is 23.7 Å². The van der Waals surface area contributed by atoms with Gasteiger partial charge in [-0.2, -0.15) is 0 Å². The number of amides is 1. The van der Waals surface area contributed by atoms with E-state index in [1.54, 1.807) is 23.1 Å². The monoisotopic (exact) mass is 418 g/mol. The SMILES string of the molecule is CN1CCN(C(=O)COc2cc(OCc3ccc(Cl)cc3)ccc2C(=O)O)CC1. The van der Waals surface area contributed by atoms with Gasteiger partial charge in [0.1, 0.15) is 23.7 Å². The van der Waals surface area contributed by atoms with Crippen LogP contribution in [0.25, 0.3) is 0 Å². The van der Waals surface area contributed by atoms with Crippen molar-refractivity contribution in [1.82, 2.24) is 9.80 Å². The summed E-state index contributed by atoms with van der Waals surface area (Å²) in [6.07, 6.45) is 0. The van der Waals surface area contributed by atoms with Gasteiger partial charge in [0.25, 0.3) is 5.91 Å². The lowest BCUT2D eigenvalue weighted by molar-refractivity contribution is -0.134. The zero-order chi connectivity index (χ0) is 20.8. The standard InChI is InChI=1S/C21H23ClN2O5/c1-23-8-10-24(11-9-23)20(25)14-29-19-12-17(6-7-18(19)21(26)27)28-13-15-2-4-16(22)5-3-15/h2-7,12H,8-11,13-14H2,1H3,(H,26,27). The van der Waals surface area contributed by atoms with Crippen LogP contribution in [0.3, 0.4) is 0 Å². The molecule has 2 aromatic carbocycles. The number of likely N-dealkylation sites (N-methyl/N-ethyl adjacent to an activating group) is 1. The minimum absolute atomic E-state index is 0.0185. The lowest BCUT2D eigenvalue weighted by Crippen LogP contribution is -2.48. The van der Waals surface area contributed by atoms with E-state index >= 15 is 0 Å². The fourth-order valence-electron chi connectivity index (χ4n) is 2.92. The molecular formula is C21H23ClN2O5. The predicted octanol–water partition coefficient (Wildman–Crippen LogP) is 2.77. The third-order valence-electron chi connectivity index (χ3n) is 4.71. The number of rotatable bonds is 7. The second-order valence-corrected chi connectivity index (χ2v) is 7.29. The summed E-state index contributed by atoms with van der Waals surface area (Å²) < 4.78 is 11.3. The molecular weight excluding hydrogens is 396 g/mol. The Hall–Kier alpha value is -2.77. The zero-order valence-electron chi connectivity index (χ0n) is 16.1. The van der Waals surface area contributed by atoms with E-state index in [0.717, 1.165) is 18.7 Å². The average Bonchev–Trinajstić information content (AvgIpc) is 2.72. The number of aromatic carboxylic acids is 1. The molecule has 1 amide bonds. The maximum absolute atomic E-state index is 12.4. The minimum Gasteiger partial charge on any atom is -0.489 e. The van der Waals surface area contributed by atoms with E-state index in [2.05, 4.69) is 4.90 Å². The highest BCUT2D eigenvalue weighted by molar-refractivity contribution is 6.30. The first-order valence-electron chi connectivity index (χ1n) is 9.26. The van der Waals surface area contributed by atoms with Gasteiger partial charge in [0.15, 0.2) is 6.61 Å². The largest absolute Gasteiger partial charge is 0.489 e. The van der Waals surface area contributed by atoms with Crippen LogP contribution in [0.5, 0.6) is 11.5 Å². The number of carbonyl (C=O) groups is 2. The minimum atomic E-state index is -1.13. The number of hydrogen-bond acceptors (Lipinski definition) is 5. The van der Waals surface area contributed by atoms with Crippen LogP contribution in [0.15, 0.2) is 42.5 Å². The average molecular weight is 419 g/mol. The van der Waals surface area contributed by atoms with Gasteiger partial charge in [-0.05, 0) is 36.9 Å². The molecule has 7 nitrogen and oxygen atoms in total. The third kappa shape index (κ3) is 5.85. The second kappa shape index (κ2) is 9.62. The molecule has 1 saturated heterocycles. The molecule has 1 N–H and O–H groups in total. The highest BCUT2D eigenvalue weighted by Crippen LogP contribution is 2.26. The normalized spacial score (nSPS) is 14.5. The summed E-state index contributed by atoms with van der Waals surface area (Å²) in [7, 11) is 2.01. The number of nitrogens with zero attached hydrogens (tertiary/aromatic N) is 2. The molecule has 0 radical (unpaired) electrons. The number of carbonyl (C=O) groups excluding carboxylic acids is 1. The number of piperazine rings is 1. The highest BCUT2D eigenvalue weighted by atomic mass is 35.5. The van der Waals surface area contributed by atoms with Gasteiger partial charge in [-0.3, -0.25) is 4.79 Å². The molecule has 0 spiro atoms. The fourth-order valence-corrected chi connectivity index (χ4v) is 3.05. The molecule has 0 aliphatic carbocycles. The Bertz CT molecular complexity index is 864. The molecule has 154 valence electrons. The van der Waals surface area contributed by atoms with Gasteiger partial charge in [0.05, 0.1) is 0 Å². The Labute approximate surface area is 174 Å². The quantitative estimate of drug-likeness (QED) is 0.744. The van der Waals surface area contributed by atoms with Crippen LogP contribution in [-0.4, -0.2) is 66.6 Å². The van der Waals surface area contributed by atoms with Crippen LogP contribution >= 0.6 is 11.6 Å². The number of ether oxygens (including phenoxy) is 2. The van der Waals surface area contributed by atoms with Crippen molar-refractivity contribution >= 4 is 23.5 Å². The lowest BCUT2D eigenvalue weighted by Gasteiger charge is -2.32. The summed E-state index contributed by atoms with van der Waals surface area (Å²) >= 11 is 5.87. The number of halogens is 1. The smallest absolute Gasteiger partial charge is 0.339 e. The maximum atomic E-state index is 12.4. The van der Waals surface area contributed by atoms with E-state index in [1.165, 1.54) is 12.1 Å². The summed E-state index contributed by atoms with van der Waals surface area (Å²) in [5.74, 6) is -0.737. The zero-order valence-corrected chi connectivity index (χ0v) is 16.9. The first kappa shape index (κ1) is 21.0. The second-order valence-electron chi connectivity index (χ2n) is 6.85. The number of benzene rings is 2. The summed E-state index contributed by atoms with van der Waals surface area (Å²) in [6.45, 7) is 2.96. The van der Waals surface area contributed by atoms with Crippen molar-refractivity contribution in [3.8, 4) is 11.5 Å². The Morgan fingerprint density at radius 3 is 2.38 bits per heavy atom. The molecule has 1 aliphatic rings. The molecule has 0 saturated carbocycles. The van der Waals surface area contributed by atoms with E-state index in [0.29, 0.717) is 30.5 Å². The predicted molar refractivity (Wildman–Crippen MR) is 109 cm³/mol. The number of carboxylic acid groups (broad SMARTS) is 1. The summed E-state index contributed by atoms with van der Waals surface area (Å²) in [5.41, 5.74) is 0.902. The Morgan fingerprint density at radius 2 is 1.72 bits per heavy atom. The topological polar surface area (TPSA) is 79.3 Å². The third-order valence-corrected chi connectivity index (χ3v) is 4.96. The van der Waals surface area contributed by atoms with Crippen molar-refractivity contribution in [3.63, 3.8) is 0 Å². The van der Waals surface area contributed by atoms with Crippen molar-refractivity contribution in [1.29, 1.82) is 0 Å². The van der Waals surface area contributed by atoms with Gasteiger partial charge >= 0.3 is 5.97 Å². The molecule has 1 fully saturated rings. The van der Waals surface area contributed by atoms with Crippen LogP contribution in [0.2, 0.25) is 5.02 Å². The van der Waals surface area contributed by atoms with E-state index in [9.17, 15) is 14.7 Å². The van der Waals surface area contributed by atoms with E-state index in [-0.39, 0.29) is 23.8 Å². The lowest BCUT2D eigenvalue weighted by atomic mass is 10.2. The van der Waals surface area contributed by atoms with Crippen LogP contribution < -0.4 is 9.47 Å². The van der Waals surface area contributed by atoms with E-state index < -0.39 is 5.97 Å². The number of carboxylic acids is 1. The van der Waals surface area contributed by atoms with Crippen LogP contribution in [0.4, 0.5) is 0 Å². The molecule has 1 aliphatic heterocycles. The molecule has 2 aromatic rings. The van der Waals surface area contributed by atoms with Crippen molar-refractivity contribution in [3.05, 3.63) is 58.6 Å². The maximum Gasteiger partial charge on any atom is 0.339 e. The molecule has 0 bridgehead atoms. The fraction of sp³-hybridized carbons (Fsp3) is 0.333.